The molecule has 1 rings (SSSR count). The van der Waals surface area contributed by atoms with E-state index in [0.717, 1.165) is 4.47 Å². The Morgan fingerprint density at radius 3 is 2.83 bits per heavy atom. The van der Waals surface area contributed by atoms with Crippen LogP contribution in [0, 0.1) is 11.3 Å². The first-order chi connectivity index (χ1) is 8.54. The van der Waals surface area contributed by atoms with Crippen molar-refractivity contribution >= 4 is 27.6 Å². The van der Waals surface area contributed by atoms with E-state index in [9.17, 15) is 9.59 Å². The van der Waals surface area contributed by atoms with E-state index in [1.807, 2.05) is 0 Å². The van der Waals surface area contributed by atoms with Gasteiger partial charge in [-0.05, 0) is 25.1 Å². The molecule has 1 aromatic carbocycles. The topological polar surface area (TPSA) is 79.2 Å². The molecule has 6 heteroatoms. The number of hydrogen-bond acceptors (Lipinski definition) is 4. The second-order valence-electron chi connectivity index (χ2n) is 3.42. The van der Waals surface area contributed by atoms with Gasteiger partial charge in [0.25, 0.3) is 5.91 Å². The first kappa shape index (κ1) is 14.2. The van der Waals surface area contributed by atoms with Crippen LogP contribution in [0.3, 0.4) is 0 Å². The van der Waals surface area contributed by atoms with Crippen molar-refractivity contribution < 1.29 is 14.3 Å². The minimum absolute atomic E-state index is 0.0692. The second kappa shape index (κ2) is 6.77. The van der Waals surface area contributed by atoms with Crippen molar-refractivity contribution in [2.24, 2.45) is 0 Å². The average molecular weight is 311 g/mol. The number of carbonyl (C=O) groups is 2. The molecule has 1 amide bonds. The van der Waals surface area contributed by atoms with Crippen LogP contribution in [0.5, 0.6) is 5.75 Å². The Labute approximate surface area is 113 Å². The highest BCUT2D eigenvalue weighted by Gasteiger charge is 2.10. The van der Waals surface area contributed by atoms with Crippen molar-refractivity contribution in [3.8, 4) is 11.8 Å². The number of nitrogens with one attached hydrogen (secondary N) is 1. The molecular weight excluding hydrogens is 300 g/mol. The number of rotatable bonds is 5. The number of nitrogens with zero attached hydrogens (tertiary/aromatic N) is 1. The van der Waals surface area contributed by atoms with Gasteiger partial charge in [0.1, 0.15) is 12.3 Å². The Bertz CT molecular complexity index is 509. The fraction of sp³-hybridized carbons (Fsp3) is 0.250. The molecule has 94 valence electrons. The van der Waals surface area contributed by atoms with Gasteiger partial charge in [-0.3, -0.25) is 9.59 Å². The summed E-state index contributed by atoms with van der Waals surface area (Å²) < 4.78 is 6.02. The molecular formula is C12H11BrN2O3. The van der Waals surface area contributed by atoms with Crippen molar-refractivity contribution in [3.05, 3.63) is 28.2 Å². The number of carbonyl (C=O) groups excluding carboxylic acids is 2. The van der Waals surface area contributed by atoms with Crippen molar-refractivity contribution in [2.45, 2.75) is 6.92 Å². The Morgan fingerprint density at radius 1 is 1.50 bits per heavy atom. The zero-order valence-electron chi connectivity index (χ0n) is 9.70. The number of nitriles is 1. The SMILES string of the molecule is CC(=O)c1ccc(Br)cc1OCC(=O)NCC#N. The van der Waals surface area contributed by atoms with Gasteiger partial charge in [0.15, 0.2) is 12.4 Å². The summed E-state index contributed by atoms with van der Waals surface area (Å²) in [6.07, 6.45) is 0. The number of hydrogen-bond donors (Lipinski definition) is 1. The molecule has 0 unspecified atom stereocenters. The van der Waals surface area contributed by atoms with E-state index in [4.69, 9.17) is 10.00 Å². The normalized spacial score (nSPS) is 9.39. The lowest BCUT2D eigenvalue weighted by molar-refractivity contribution is -0.122. The van der Waals surface area contributed by atoms with Crippen LogP contribution in [0.1, 0.15) is 17.3 Å². The third kappa shape index (κ3) is 4.18. The van der Waals surface area contributed by atoms with Crippen molar-refractivity contribution in [1.82, 2.24) is 5.32 Å². The first-order valence-electron chi connectivity index (χ1n) is 5.11. The summed E-state index contributed by atoms with van der Waals surface area (Å²) in [5.41, 5.74) is 0.409. The van der Waals surface area contributed by atoms with Gasteiger partial charge in [-0.25, -0.2) is 0 Å². The van der Waals surface area contributed by atoms with Crippen LogP contribution < -0.4 is 10.1 Å². The third-order valence-electron chi connectivity index (χ3n) is 2.05. The lowest BCUT2D eigenvalue weighted by atomic mass is 10.1. The van der Waals surface area contributed by atoms with E-state index in [1.165, 1.54) is 6.92 Å². The summed E-state index contributed by atoms with van der Waals surface area (Å²) in [5.74, 6) is -0.218. The molecule has 0 radical (unpaired) electrons. The smallest absolute Gasteiger partial charge is 0.258 e. The predicted octanol–water partition coefficient (Wildman–Crippen LogP) is 1.67. The van der Waals surface area contributed by atoms with E-state index >= 15 is 0 Å². The third-order valence-corrected chi connectivity index (χ3v) is 2.54. The number of Topliss-reactive ketones (excluding diaryl/α,β-unsaturated/α-hetero) is 1. The molecule has 0 heterocycles. The monoisotopic (exact) mass is 310 g/mol. The van der Waals surface area contributed by atoms with Crippen molar-refractivity contribution in [2.75, 3.05) is 13.2 Å². The molecule has 5 nitrogen and oxygen atoms in total. The van der Waals surface area contributed by atoms with Gasteiger partial charge in [0.2, 0.25) is 0 Å². The van der Waals surface area contributed by atoms with E-state index in [2.05, 4.69) is 21.2 Å². The molecule has 0 saturated carbocycles. The standard InChI is InChI=1S/C12H11BrN2O3/c1-8(16)10-3-2-9(13)6-11(10)18-7-12(17)15-5-4-14/h2-3,6H,5,7H2,1H3,(H,15,17). The molecule has 0 bridgehead atoms. The molecule has 1 N–H and O–H groups in total. The number of amides is 1. The molecule has 1 aromatic rings. The minimum Gasteiger partial charge on any atom is -0.483 e. The molecule has 18 heavy (non-hydrogen) atoms. The van der Waals surface area contributed by atoms with Crippen LogP contribution in [0.2, 0.25) is 0 Å². The maximum absolute atomic E-state index is 11.4. The zero-order chi connectivity index (χ0) is 13.5. The molecule has 0 spiro atoms. The Kier molecular flexibility index (Phi) is 5.33. The molecule has 0 aliphatic heterocycles. The van der Waals surface area contributed by atoms with Gasteiger partial charge >= 0.3 is 0 Å². The van der Waals surface area contributed by atoms with E-state index in [-0.39, 0.29) is 18.9 Å². The Morgan fingerprint density at radius 2 is 2.22 bits per heavy atom. The number of halogens is 1. The van der Waals surface area contributed by atoms with E-state index in [0.29, 0.717) is 11.3 Å². The van der Waals surface area contributed by atoms with Gasteiger partial charge in [-0.15, -0.1) is 0 Å². The van der Waals surface area contributed by atoms with Crippen LogP contribution >= 0.6 is 15.9 Å². The Hall–Kier alpha value is -1.87. The van der Waals surface area contributed by atoms with Crippen molar-refractivity contribution in [1.29, 1.82) is 5.26 Å². The van der Waals surface area contributed by atoms with Crippen molar-refractivity contribution in [3.63, 3.8) is 0 Å². The maximum atomic E-state index is 11.4. The molecule has 0 saturated heterocycles. The van der Waals surface area contributed by atoms with Gasteiger partial charge < -0.3 is 10.1 Å². The maximum Gasteiger partial charge on any atom is 0.258 e. The quantitative estimate of drug-likeness (QED) is 0.662. The van der Waals surface area contributed by atoms with Crippen LogP contribution in [-0.4, -0.2) is 24.8 Å². The van der Waals surface area contributed by atoms with Gasteiger partial charge in [-0.2, -0.15) is 5.26 Å². The summed E-state index contributed by atoms with van der Waals surface area (Å²) in [4.78, 5) is 22.6. The van der Waals surface area contributed by atoms with E-state index < -0.39 is 5.91 Å². The van der Waals surface area contributed by atoms with Gasteiger partial charge in [0, 0.05) is 4.47 Å². The van der Waals surface area contributed by atoms with Crippen LogP contribution in [0.15, 0.2) is 22.7 Å². The largest absolute Gasteiger partial charge is 0.483 e. The highest BCUT2D eigenvalue weighted by molar-refractivity contribution is 9.10. The lowest BCUT2D eigenvalue weighted by Crippen LogP contribution is -2.29. The molecule has 0 aliphatic rings. The van der Waals surface area contributed by atoms with Crippen LogP contribution in [0.4, 0.5) is 0 Å². The minimum atomic E-state index is -0.411. The fourth-order valence-corrected chi connectivity index (χ4v) is 1.58. The number of benzene rings is 1. The molecule has 0 atom stereocenters. The molecule has 0 fully saturated rings. The number of ketones is 1. The zero-order valence-corrected chi connectivity index (χ0v) is 11.3. The summed E-state index contributed by atoms with van der Waals surface area (Å²) in [6, 6.07) is 6.75. The Balaban J connectivity index is 2.72. The summed E-state index contributed by atoms with van der Waals surface area (Å²) in [5, 5.41) is 10.6. The van der Waals surface area contributed by atoms with Gasteiger partial charge in [-0.1, -0.05) is 15.9 Å². The number of ether oxygens (including phenoxy) is 1. The van der Waals surface area contributed by atoms with Crippen LogP contribution in [-0.2, 0) is 4.79 Å². The highest BCUT2D eigenvalue weighted by atomic mass is 79.9. The fourth-order valence-electron chi connectivity index (χ4n) is 1.24. The predicted molar refractivity (Wildman–Crippen MR) is 68.3 cm³/mol. The summed E-state index contributed by atoms with van der Waals surface area (Å²) in [6.45, 7) is 1.12. The second-order valence-corrected chi connectivity index (χ2v) is 4.34. The van der Waals surface area contributed by atoms with Gasteiger partial charge in [0.05, 0.1) is 11.6 Å². The highest BCUT2D eigenvalue weighted by Crippen LogP contribution is 2.24. The molecule has 0 aromatic heterocycles. The average Bonchev–Trinajstić information content (AvgIpc) is 2.33. The van der Waals surface area contributed by atoms with E-state index in [1.54, 1.807) is 24.3 Å². The lowest BCUT2D eigenvalue weighted by Gasteiger charge is -2.09. The van der Waals surface area contributed by atoms with Crippen LogP contribution in [0.25, 0.3) is 0 Å². The molecule has 0 aliphatic carbocycles. The first-order valence-corrected chi connectivity index (χ1v) is 5.91. The summed E-state index contributed by atoms with van der Waals surface area (Å²) in [7, 11) is 0. The summed E-state index contributed by atoms with van der Waals surface area (Å²) >= 11 is 3.26.